The lowest BCUT2D eigenvalue weighted by molar-refractivity contribution is -0.135. The van der Waals surface area contributed by atoms with Gasteiger partial charge in [0.1, 0.15) is 0 Å². The number of rotatable bonds is 5. The first-order valence-corrected chi connectivity index (χ1v) is 11.3. The molecule has 1 atom stereocenters. The summed E-state index contributed by atoms with van der Waals surface area (Å²) in [6.07, 6.45) is 4.46. The van der Waals surface area contributed by atoms with Crippen LogP contribution in [0.1, 0.15) is 57.4 Å². The minimum absolute atomic E-state index is 0.0210. The highest BCUT2D eigenvalue weighted by molar-refractivity contribution is 7.89. The molecule has 0 unspecified atom stereocenters. The third-order valence-electron chi connectivity index (χ3n) is 5.92. The van der Waals surface area contributed by atoms with E-state index in [4.69, 9.17) is 0 Å². The van der Waals surface area contributed by atoms with Crippen molar-refractivity contribution in [2.24, 2.45) is 5.92 Å². The van der Waals surface area contributed by atoms with Crippen LogP contribution in [-0.4, -0.2) is 49.7 Å². The second-order valence-electron chi connectivity index (χ2n) is 7.59. The zero-order chi connectivity index (χ0) is 18.7. The molecule has 0 radical (unpaired) electrons. The van der Waals surface area contributed by atoms with Gasteiger partial charge < -0.3 is 4.90 Å². The van der Waals surface area contributed by atoms with Gasteiger partial charge >= 0.3 is 0 Å². The Hall–Kier alpha value is -1.40. The van der Waals surface area contributed by atoms with Crippen molar-refractivity contribution < 1.29 is 13.2 Å². The number of benzene rings is 1. The van der Waals surface area contributed by atoms with E-state index in [9.17, 15) is 13.2 Å². The van der Waals surface area contributed by atoms with E-state index < -0.39 is 10.0 Å². The summed E-state index contributed by atoms with van der Waals surface area (Å²) in [5.74, 6) is 0.629. The molecule has 0 aliphatic carbocycles. The van der Waals surface area contributed by atoms with Gasteiger partial charge in [-0.3, -0.25) is 4.79 Å². The molecule has 0 spiro atoms. The van der Waals surface area contributed by atoms with Gasteiger partial charge in [-0.2, -0.15) is 4.31 Å². The van der Waals surface area contributed by atoms with Crippen molar-refractivity contribution in [3.8, 4) is 0 Å². The predicted molar refractivity (Wildman–Crippen MR) is 102 cm³/mol. The Labute approximate surface area is 157 Å². The molecule has 1 aromatic carbocycles. The first kappa shape index (κ1) is 19.4. The molecule has 2 saturated heterocycles. The van der Waals surface area contributed by atoms with Crippen LogP contribution in [0.4, 0.5) is 0 Å². The van der Waals surface area contributed by atoms with E-state index in [1.807, 2.05) is 17.0 Å². The molecule has 0 aromatic heterocycles. The Balaban J connectivity index is 1.63. The maximum atomic E-state index is 12.9. The lowest BCUT2D eigenvalue weighted by atomic mass is 9.97. The van der Waals surface area contributed by atoms with Gasteiger partial charge in [0, 0.05) is 32.1 Å². The summed E-state index contributed by atoms with van der Waals surface area (Å²) < 4.78 is 27.3. The van der Waals surface area contributed by atoms with Gasteiger partial charge in [-0.25, -0.2) is 8.42 Å². The van der Waals surface area contributed by atoms with Gasteiger partial charge in [0.25, 0.3) is 0 Å². The van der Waals surface area contributed by atoms with Crippen LogP contribution in [0.5, 0.6) is 0 Å². The van der Waals surface area contributed by atoms with Gasteiger partial charge in [0.15, 0.2) is 0 Å². The fourth-order valence-corrected chi connectivity index (χ4v) is 5.36. The van der Waals surface area contributed by atoms with Crippen LogP contribution in [0.15, 0.2) is 29.2 Å². The highest BCUT2D eigenvalue weighted by Crippen LogP contribution is 2.27. The summed E-state index contributed by atoms with van der Waals surface area (Å²) in [5, 5.41) is 0. The molecule has 5 nitrogen and oxygen atoms in total. The summed E-state index contributed by atoms with van der Waals surface area (Å²) in [7, 11) is -3.47. The molecule has 1 amide bonds. The topological polar surface area (TPSA) is 57.7 Å². The number of nitrogens with zero attached hydrogens (tertiary/aromatic N) is 2. The monoisotopic (exact) mass is 378 g/mol. The van der Waals surface area contributed by atoms with Crippen molar-refractivity contribution >= 4 is 15.9 Å². The second-order valence-corrected chi connectivity index (χ2v) is 9.53. The van der Waals surface area contributed by atoms with Crippen molar-refractivity contribution in [3.63, 3.8) is 0 Å². The van der Waals surface area contributed by atoms with Crippen LogP contribution in [0, 0.1) is 5.92 Å². The Bertz CT molecular complexity index is 716. The number of amides is 1. The van der Waals surface area contributed by atoms with E-state index in [-0.39, 0.29) is 11.8 Å². The number of piperidine rings is 1. The zero-order valence-corrected chi connectivity index (χ0v) is 16.7. The van der Waals surface area contributed by atoms with Crippen LogP contribution >= 0.6 is 0 Å². The van der Waals surface area contributed by atoms with Crippen LogP contribution in [0.2, 0.25) is 0 Å². The fraction of sp³-hybridized carbons (Fsp3) is 0.650. The Morgan fingerprint density at radius 3 is 2.19 bits per heavy atom. The highest BCUT2D eigenvalue weighted by Gasteiger charge is 2.34. The van der Waals surface area contributed by atoms with Crippen LogP contribution < -0.4 is 0 Å². The molecule has 0 bridgehead atoms. The van der Waals surface area contributed by atoms with E-state index in [0.29, 0.717) is 36.7 Å². The maximum absolute atomic E-state index is 12.9. The normalized spacial score (nSPS) is 21.1. The lowest BCUT2D eigenvalue weighted by Gasteiger charge is -2.32. The average Bonchev–Trinajstić information content (AvgIpc) is 3.21. The quantitative estimate of drug-likeness (QED) is 0.790. The van der Waals surface area contributed by atoms with E-state index in [0.717, 1.165) is 32.4 Å². The largest absolute Gasteiger partial charge is 0.342 e. The van der Waals surface area contributed by atoms with Crippen LogP contribution in [-0.2, 0) is 14.8 Å². The Morgan fingerprint density at radius 1 is 1.08 bits per heavy atom. The number of likely N-dealkylation sites (tertiary alicyclic amines) is 1. The molecular weight excluding hydrogens is 348 g/mol. The predicted octanol–water partition coefficient (Wildman–Crippen LogP) is 3.22. The average molecular weight is 379 g/mol. The van der Waals surface area contributed by atoms with Gasteiger partial charge in [-0.05, 0) is 55.7 Å². The first-order chi connectivity index (χ1) is 12.4. The van der Waals surface area contributed by atoms with Gasteiger partial charge in [0.05, 0.1) is 4.90 Å². The molecule has 2 aliphatic rings. The molecular formula is C20H30N2O3S. The van der Waals surface area contributed by atoms with Crippen molar-refractivity contribution in [1.29, 1.82) is 0 Å². The Kier molecular flexibility index (Phi) is 6.03. The third kappa shape index (κ3) is 3.96. The molecule has 2 aliphatic heterocycles. The molecule has 2 fully saturated rings. The molecule has 144 valence electrons. The molecule has 26 heavy (non-hydrogen) atoms. The third-order valence-corrected chi connectivity index (χ3v) is 7.83. The van der Waals surface area contributed by atoms with E-state index in [2.05, 4.69) is 13.8 Å². The molecule has 0 N–H and O–H groups in total. The number of carbonyl (C=O) groups is 1. The van der Waals surface area contributed by atoms with Gasteiger partial charge in [-0.1, -0.05) is 26.0 Å². The smallest absolute Gasteiger partial charge is 0.243 e. The summed E-state index contributed by atoms with van der Waals surface area (Å²) in [4.78, 5) is 14.8. The van der Waals surface area contributed by atoms with Crippen LogP contribution in [0.25, 0.3) is 0 Å². The maximum Gasteiger partial charge on any atom is 0.243 e. The standard InChI is InChI=1S/C20H30N2O3S/c1-3-16(2)17-6-8-19(9-7-17)26(24,25)22-14-10-18(11-15-22)20(23)21-12-4-5-13-21/h6-9,16,18H,3-5,10-15H2,1-2H3/t16-/m1/s1. The minimum Gasteiger partial charge on any atom is -0.342 e. The lowest BCUT2D eigenvalue weighted by Crippen LogP contribution is -2.43. The first-order valence-electron chi connectivity index (χ1n) is 9.82. The van der Waals surface area contributed by atoms with E-state index in [1.165, 1.54) is 5.56 Å². The fourth-order valence-electron chi connectivity index (χ4n) is 3.89. The van der Waals surface area contributed by atoms with Crippen molar-refractivity contribution in [1.82, 2.24) is 9.21 Å². The molecule has 3 rings (SSSR count). The molecule has 6 heteroatoms. The Morgan fingerprint density at radius 2 is 1.65 bits per heavy atom. The summed E-state index contributed by atoms with van der Waals surface area (Å²) in [6.45, 7) is 6.85. The molecule has 0 saturated carbocycles. The number of carbonyl (C=O) groups excluding carboxylic acids is 1. The van der Waals surface area contributed by atoms with Gasteiger partial charge in [-0.15, -0.1) is 0 Å². The second kappa shape index (κ2) is 8.09. The SMILES string of the molecule is CC[C@@H](C)c1ccc(S(=O)(=O)N2CCC(C(=O)N3CCCC3)CC2)cc1. The highest BCUT2D eigenvalue weighted by atomic mass is 32.2. The zero-order valence-electron chi connectivity index (χ0n) is 15.9. The van der Waals surface area contributed by atoms with Crippen molar-refractivity contribution in [3.05, 3.63) is 29.8 Å². The van der Waals surface area contributed by atoms with Crippen molar-refractivity contribution in [2.45, 2.75) is 56.8 Å². The van der Waals surface area contributed by atoms with Crippen molar-refractivity contribution in [2.75, 3.05) is 26.2 Å². The summed E-state index contributed by atoms with van der Waals surface area (Å²) in [6, 6.07) is 7.28. The summed E-state index contributed by atoms with van der Waals surface area (Å²) >= 11 is 0. The van der Waals surface area contributed by atoms with Crippen LogP contribution in [0.3, 0.4) is 0 Å². The number of hydrogen-bond acceptors (Lipinski definition) is 3. The van der Waals surface area contributed by atoms with E-state index >= 15 is 0 Å². The number of hydrogen-bond donors (Lipinski definition) is 0. The summed E-state index contributed by atoms with van der Waals surface area (Å²) in [5.41, 5.74) is 1.17. The molecule has 2 heterocycles. The van der Waals surface area contributed by atoms with E-state index in [1.54, 1.807) is 16.4 Å². The van der Waals surface area contributed by atoms with Gasteiger partial charge in [0.2, 0.25) is 15.9 Å². The minimum atomic E-state index is -3.47. The molecule has 1 aromatic rings. The number of sulfonamides is 1.